The van der Waals surface area contributed by atoms with Gasteiger partial charge >= 0.3 is 0 Å². The number of benzene rings is 3. The molecule has 2 heteroatoms. The van der Waals surface area contributed by atoms with Crippen molar-refractivity contribution in [1.82, 2.24) is 5.32 Å². The molecule has 0 amide bonds. The summed E-state index contributed by atoms with van der Waals surface area (Å²) in [5.41, 5.74) is 4.05. The van der Waals surface area contributed by atoms with Gasteiger partial charge in [0.15, 0.2) is 0 Å². The van der Waals surface area contributed by atoms with Crippen molar-refractivity contribution in [3.63, 3.8) is 0 Å². The number of rotatable bonds is 8. The molecule has 0 heterocycles. The Morgan fingerprint density at radius 3 is 1.77 bits per heavy atom. The molecule has 1 atom stereocenters. The Balaban J connectivity index is 1.69. The van der Waals surface area contributed by atoms with E-state index in [1.807, 2.05) is 12.1 Å². The van der Waals surface area contributed by atoms with Gasteiger partial charge in [-0.15, -0.1) is 0 Å². The fourth-order valence-corrected chi connectivity index (χ4v) is 3.62. The fraction of sp³-hybridized carbons (Fsp3) is 0.250. The van der Waals surface area contributed by atoms with Crippen molar-refractivity contribution in [3.05, 3.63) is 107 Å². The molecule has 0 radical (unpaired) electrons. The normalized spacial score (nSPS) is 12.3. The molecule has 1 unspecified atom stereocenters. The Hall–Kier alpha value is -2.09. The molecule has 134 valence electrons. The predicted octanol–water partition coefficient (Wildman–Crippen LogP) is 6.60. The zero-order chi connectivity index (χ0) is 18.2. The largest absolute Gasteiger partial charge is 0.310 e. The first kappa shape index (κ1) is 18.7. The third kappa shape index (κ3) is 4.97. The zero-order valence-electron chi connectivity index (χ0n) is 15.2. The average molecular weight is 364 g/mol. The van der Waals surface area contributed by atoms with Crippen molar-refractivity contribution < 1.29 is 0 Å². The third-order valence-electron chi connectivity index (χ3n) is 4.91. The smallest absolute Gasteiger partial charge is 0.0406 e. The third-order valence-corrected chi connectivity index (χ3v) is 5.16. The lowest BCUT2D eigenvalue weighted by Gasteiger charge is -2.22. The Morgan fingerprint density at radius 1 is 0.731 bits per heavy atom. The van der Waals surface area contributed by atoms with Crippen LogP contribution in [0.15, 0.2) is 84.9 Å². The van der Waals surface area contributed by atoms with Crippen LogP contribution < -0.4 is 5.32 Å². The van der Waals surface area contributed by atoms with Gasteiger partial charge in [-0.25, -0.2) is 0 Å². The maximum Gasteiger partial charge on any atom is 0.0406 e. The highest BCUT2D eigenvalue weighted by atomic mass is 35.5. The molecule has 0 saturated carbocycles. The number of hydrogen-bond acceptors (Lipinski definition) is 1. The lowest BCUT2D eigenvalue weighted by Crippen LogP contribution is -2.23. The van der Waals surface area contributed by atoms with Gasteiger partial charge in [0.25, 0.3) is 0 Å². The highest BCUT2D eigenvalue weighted by Crippen LogP contribution is 2.28. The van der Waals surface area contributed by atoms with E-state index in [1.165, 1.54) is 16.7 Å². The van der Waals surface area contributed by atoms with Crippen LogP contribution in [0.4, 0.5) is 0 Å². The first-order chi connectivity index (χ1) is 12.8. The zero-order valence-corrected chi connectivity index (χ0v) is 16.0. The van der Waals surface area contributed by atoms with E-state index in [1.54, 1.807) is 0 Å². The molecule has 3 aromatic carbocycles. The van der Waals surface area contributed by atoms with Crippen LogP contribution in [0.1, 0.15) is 48.4 Å². The van der Waals surface area contributed by atoms with Gasteiger partial charge in [0, 0.05) is 17.0 Å². The van der Waals surface area contributed by atoms with E-state index in [2.05, 4.69) is 85.0 Å². The Morgan fingerprint density at radius 2 is 1.27 bits per heavy atom. The molecule has 0 fully saturated rings. The second kappa shape index (κ2) is 9.56. The predicted molar refractivity (Wildman–Crippen MR) is 112 cm³/mol. The Bertz CT molecular complexity index is 729. The van der Waals surface area contributed by atoms with Gasteiger partial charge in [-0.3, -0.25) is 0 Å². The Kier molecular flexibility index (Phi) is 6.88. The van der Waals surface area contributed by atoms with E-state index >= 15 is 0 Å². The lowest BCUT2D eigenvalue weighted by atomic mass is 9.88. The fourth-order valence-electron chi connectivity index (χ4n) is 3.49. The molecule has 1 nitrogen and oxygen atoms in total. The van der Waals surface area contributed by atoms with Crippen LogP contribution in [0.5, 0.6) is 0 Å². The van der Waals surface area contributed by atoms with Crippen LogP contribution in [0.2, 0.25) is 5.02 Å². The molecule has 1 N–H and O–H groups in total. The van der Waals surface area contributed by atoms with Gasteiger partial charge in [-0.1, -0.05) is 91.3 Å². The van der Waals surface area contributed by atoms with Gasteiger partial charge in [-0.05, 0) is 48.2 Å². The SMILES string of the molecule is CCC(NCCC(c1ccccc1)c1ccccc1)c1ccc(Cl)cc1. The summed E-state index contributed by atoms with van der Waals surface area (Å²) in [4.78, 5) is 0. The average Bonchev–Trinajstić information content (AvgIpc) is 2.70. The van der Waals surface area contributed by atoms with Crippen LogP contribution in [-0.2, 0) is 0 Å². The van der Waals surface area contributed by atoms with E-state index in [4.69, 9.17) is 11.6 Å². The van der Waals surface area contributed by atoms with Crippen molar-refractivity contribution in [2.45, 2.75) is 31.7 Å². The second-order valence-electron chi connectivity index (χ2n) is 6.63. The van der Waals surface area contributed by atoms with E-state index in [9.17, 15) is 0 Å². The summed E-state index contributed by atoms with van der Waals surface area (Å²) < 4.78 is 0. The molecule has 26 heavy (non-hydrogen) atoms. The number of hydrogen-bond donors (Lipinski definition) is 1. The standard InChI is InChI=1S/C24H26ClN/c1-2-24(21-13-15-22(25)16-14-21)26-18-17-23(19-9-5-3-6-10-19)20-11-7-4-8-12-20/h3-16,23-24,26H,2,17-18H2,1H3. The summed E-state index contributed by atoms with van der Waals surface area (Å²) in [6.07, 6.45) is 2.13. The molecule has 0 aliphatic carbocycles. The summed E-state index contributed by atoms with van der Waals surface area (Å²) in [5.74, 6) is 0.410. The monoisotopic (exact) mass is 363 g/mol. The first-order valence-electron chi connectivity index (χ1n) is 9.36. The summed E-state index contributed by atoms with van der Waals surface area (Å²) in [6.45, 7) is 3.19. The highest BCUT2D eigenvalue weighted by Gasteiger charge is 2.15. The van der Waals surface area contributed by atoms with Gasteiger partial charge < -0.3 is 5.32 Å². The minimum absolute atomic E-state index is 0.361. The molecule has 0 aliphatic rings. The summed E-state index contributed by atoms with van der Waals surface area (Å²) >= 11 is 6.02. The van der Waals surface area contributed by atoms with E-state index in [0.29, 0.717) is 12.0 Å². The van der Waals surface area contributed by atoms with E-state index < -0.39 is 0 Å². The topological polar surface area (TPSA) is 12.0 Å². The summed E-state index contributed by atoms with van der Waals surface area (Å²) in [5, 5.41) is 4.52. The Labute approximate surface area is 162 Å². The molecule has 0 spiro atoms. The molecule has 3 aromatic rings. The molecule has 0 aliphatic heterocycles. The van der Waals surface area contributed by atoms with Gasteiger partial charge in [0.05, 0.1) is 0 Å². The molecular weight excluding hydrogens is 338 g/mol. The first-order valence-corrected chi connectivity index (χ1v) is 9.74. The van der Waals surface area contributed by atoms with Crippen molar-refractivity contribution in [2.75, 3.05) is 6.54 Å². The van der Waals surface area contributed by atoms with Crippen molar-refractivity contribution in [1.29, 1.82) is 0 Å². The van der Waals surface area contributed by atoms with Gasteiger partial charge in [0.2, 0.25) is 0 Å². The molecule has 3 rings (SSSR count). The minimum atomic E-state index is 0.361. The van der Waals surface area contributed by atoms with Crippen LogP contribution in [0.3, 0.4) is 0 Å². The van der Waals surface area contributed by atoms with E-state index in [0.717, 1.165) is 24.4 Å². The highest BCUT2D eigenvalue weighted by molar-refractivity contribution is 6.30. The van der Waals surface area contributed by atoms with Crippen molar-refractivity contribution >= 4 is 11.6 Å². The summed E-state index contributed by atoms with van der Waals surface area (Å²) in [6, 6.07) is 30.1. The number of nitrogens with one attached hydrogen (secondary N) is 1. The summed E-state index contributed by atoms with van der Waals surface area (Å²) in [7, 11) is 0. The lowest BCUT2D eigenvalue weighted by molar-refractivity contribution is 0.499. The van der Waals surface area contributed by atoms with E-state index in [-0.39, 0.29) is 0 Å². The molecule has 0 bridgehead atoms. The molecular formula is C24H26ClN. The minimum Gasteiger partial charge on any atom is -0.310 e. The maximum atomic E-state index is 6.02. The maximum absolute atomic E-state index is 6.02. The van der Waals surface area contributed by atoms with Gasteiger partial charge in [-0.2, -0.15) is 0 Å². The molecule has 0 saturated heterocycles. The van der Waals surface area contributed by atoms with Crippen LogP contribution in [-0.4, -0.2) is 6.54 Å². The quantitative estimate of drug-likeness (QED) is 0.475. The number of halogens is 1. The van der Waals surface area contributed by atoms with Crippen LogP contribution >= 0.6 is 11.6 Å². The van der Waals surface area contributed by atoms with Crippen molar-refractivity contribution in [3.8, 4) is 0 Å². The van der Waals surface area contributed by atoms with Gasteiger partial charge in [0.1, 0.15) is 0 Å². The van der Waals surface area contributed by atoms with Crippen LogP contribution in [0, 0.1) is 0 Å². The van der Waals surface area contributed by atoms with Crippen molar-refractivity contribution in [2.24, 2.45) is 0 Å². The second-order valence-corrected chi connectivity index (χ2v) is 7.07. The van der Waals surface area contributed by atoms with Crippen LogP contribution in [0.25, 0.3) is 0 Å². The molecule has 0 aromatic heterocycles.